The molecule has 2 heterocycles. The molecule has 1 aliphatic heterocycles. The normalized spacial score (nSPS) is 15.2. The van der Waals surface area contributed by atoms with Gasteiger partial charge in [0.25, 0.3) is 0 Å². The summed E-state index contributed by atoms with van der Waals surface area (Å²) >= 11 is 0. The first kappa shape index (κ1) is 11.2. The van der Waals surface area contributed by atoms with Crippen molar-refractivity contribution in [3.8, 4) is 17.0 Å². The molecule has 1 N–H and O–H groups in total. The minimum atomic E-state index is 0.454. The number of hydrogen-bond donors (Lipinski definition) is 1. The Balaban J connectivity index is 1.94. The predicted octanol–water partition coefficient (Wildman–Crippen LogP) is 1.84. The van der Waals surface area contributed by atoms with Crippen molar-refractivity contribution in [3.05, 3.63) is 42.4 Å². The molecule has 0 spiro atoms. The molecule has 92 valence electrons. The average molecular weight is 241 g/mol. The predicted molar refractivity (Wildman–Crippen MR) is 69.6 cm³/mol. The van der Waals surface area contributed by atoms with E-state index < -0.39 is 0 Å². The number of methoxy groups -OCH3 is 1. The van der Waals surface area contributed by atoms with Gasteiger partial charge in [-0.15, -0.1) is 0 Å². The number of benzene rings is 1. The molecular formula is C14H15N3O. The summed E-state index contributed by atoms with van der Waals surface area (Å²) in [7, 11) is 1.67. The van der Waals surface area contributed by atoms with E-state index in [1.165, 1.54) is 0 Å². The molecule has 0 bridgehead atoms. The van der Waals surface area contributed by atoms with E-state index in [0.717, 1.165) is 35.9 Å². The van der Waals surface area contributed by atoms with Crippen LogP contribution in [0.15, 0.2) is 36.5 Å². The lowest BCUT2D eigenvalue weighted by Gasteiger charge is -2.25. The van der Waals surface area contributed by atoms with E-state index in [4.69, 9.17) is 4.74 Å². The van der Waals surface area contributed by atoms with Gasteiger partial charge in [-0.1, -0.05) is 12.1 Å². The van der Waals surface area contributed by atoms with Crippen molar-refractivity contribution < 1.29 is 4.74 Å². The number of rotatable bonds is 3. The third-order valence-corrected chi connectivity index (χ3v) is 3.19. The van der Waals surface area contributed by atoms with Gasteiger partial charge in [0.1, 0.15) is 11.6 Å². The van der Waals surface area contributed by atoms with E-state index in [0.29, 0.717) is 5.92 Å². The minimum absolute atomic E-state index is 0.454. The van der Waals surface area contributed by atoms with Crippen LogP contribution in [0.4, 0.5) is 0 Å². The second-order valence-electron chi connectivity index (χ2n) is 4.39. The zero-order valence-corrected chi connectivity index (χ0v) is 10.3. The molecule has 1 aromatic heterocycles. The van der Waals surface area contributed by atoms with Gasteiger partial charge in [0.15, 0.2) is 0 Å². The van der Waals surface area contributed by atoms with Crippen molar-refractivity contribution in [1.29, 1.82) is 0 Å². The molecule has 1 aromatic carbocycles. The van der Waals surface area contributed by atoms with Crippen LogP contribution in [-0.4, -0.2) is 30.2 Å². The maximum absolute atomic E-state index is 5.23. The molecule has 0 radical (unpaired) electrons. The molecule has 0 amide bonds. The Bertz CT molecular complexity index is 552. The van der Waals surface area contributed by atoms with Gasteiger partial charge < -0.3 is 10.1 Å². The molecule has 1 aliphatic rings. The molecule has 0 saturated carbocycles. The van der Waals surface area contributed by atoms with Crippen molar-refractivity contribution in [3.63, 3.8) is 0 Å². The van der Waals surface area contributed by atoms with Crippen LogP contribution >= 0.6 is 0 Å². The molecule has 4 nitrogen and oxygen atoms in total. The second-order valence-corrected chi connectivity index (χ2v) is 4.39. The van der Waals surface area contributed by atoms with E-state index >= 15 is 0 Å². The van der Waals surface area contributed by atoms with Crippen LogP contribution < -0.4 is 10.1 Å². The monoisotopic (exact) mass is 241 g/mol. The molecular weight excluding hydrogens is 226 g/mol. The summed E-state index contributed by atoms with van der Waals surface area (Å²) in [5, 5.41) is 3.24. The van der Waals surface area contributed by atoms with Crippen molar-refractivity contribution in [2.75, 3.05) is 20.2 Å². The summed E-state index contributed by atoms with van der Waals surface area (Å²) < 4.78 is 5.23. The highest BCUT2D eigenvalue weighted by molar-refractivity contribution is 5.60. The Morgan fingerprint density at radius 3 is 2.89 bits per heavy atom. The smallest absolute Gasteiger partial charge is 0.134 e. The fourth-order valence-electron chi connectivity index (χ4n) is 1.98. The number of nitrogens with zero attached hydrogens (tertiary/aromatic N) is 2. The zero-order chi connectivity index (χ0) is 12.4. The van der Waals surface area contributed by atoms with E-state index in [1.807, 2.05) is 36.5 Å². The molecule has 0 aliphatic carbocycles. The Labute approximate surface area is 106 Å². The lowest BCUT2D eigenvalue weighted by Crippen LogP contribution is -2.40. The fraction of sp³-hybridized carbons (Fsp3) is 0.286. The van der Waals surface area contributed by atoms with Gasteiger partial charge >= 0.3 is 0 Å². The van der Waals surface area contributed by atoms with Crippen LogP contribution in [0.3, 0.4) is 0 Å². The Morgan fingerprint density at radius 1 is 1.28 bits per heavy atom. The highest BCUT2D eigenvalue weighted by Crippen LogP contribution is 2.23. The maximum atomic E-state index is 5.23. The van der Waals surface area contributed by atoms with Gasteiger partial charge in [0.2, 0.25) is 0 Å². The number of nitrogens with one attached hydrogen (secondary N) is 1. The first-order valence-corrected chi connectivity index (χ1v) is 6.05. The topological polar surface area (TPSA) is 47.0 Å². The third kappa shape index (κ3) is 2.07. The summed E-state index contributed by atoms with van der Waals surface area (Å²) in [6.45, 7) is 1.95. The zero-order valence-electron chi connectivity index (χ0n) is 10.3. The van der Waals surface area contributed by atoms with Crippen LogP contribution in [0.25, 0.3) is 11.3 Å². The lowest BCUT2D eigenvalue weighted by atomic mass is 10.0. The van der Waals surface area contributed by atoms with Crippen LogP contribution in [0.1, 0.15) is 11.7 Å². The summed E-state index contributed by atoms with van der Waals surface area (Å²) in [5.74, 6) is 2.22. The van der Waals surface area contributed by atoms with Gasteiger partial charge in [-0.3, -0.25) is 0 Å². The third-order valence-electron chi connectivity index (χ3n) is 3.19. The molecule has 1 saturated heterocycles. The van der Waals surface area contributed by atoms with Crippen molar-refractivity contribution >= 4 is 0 Å². The molecule has 0 atom stereocenters. The van der Waals surface area contributed by atoms with Gasteiger partial charge in [0, 0.05) is 30.8 Å². The van der Waals surface area contributed by atoms with Gasteiger partial charge in [-0.25, -0.2) is 9.97 Å². The standard InChI is InChI=1S/C14H15N3O/c1-18-12-4-2-3-10(7-12)13-5-6-16-14(17-13)11-8-15-9-11/h2-7,11,15H,8-9H2,1H3. The maximum Gasteiger partial charge on any atom is 0.134 e. The fourth-order valence-corrected chi connectivity index (χ4v) is 1.98. The van der Waals surface area contributed by atoms with Gasteiger partial charge in [-0.05, 0) is 18.2 Å². The van der Waals surface area contributed by atoms with Crippen LogP contribution in [-0.2, 0) is 0 Å². The lowest BCUT2D eigenvalue weighted by molar-refractivity contribution is 0.415. The number of aromatic nitrogens is 2. The summed E-state index contributed by atoms with van der Waals surface area (Å²) in [6, 6.07) is 9.87. The number of ether oxygens (including phenoxy) is 1. The quantitative estimate of drug-likeness (QED) is 0.890. The van der Waals surface area contributed by atoms with Crippen LogP contribution in [0.5, 0.6) is 5.75 Å². The highest BCUT2D eigenvalue weighted by Gasteiger charge is 2.21. The molecule has 0 unspecified atom stereocenters. The van der Waals surface area contributed by atoms with Crippen LogP contribution in [0, 0.1) is 0 Å². The average Bonchev–Trinajstić information content (AvgIpc) is 2.37. The summed E-state index contributed by atoms with van der Waals surface area (Å²) in [5.41, 5.74) is 2.01. The van der Waals surface area contributed by atoms with Crippen molar-refractivity contribution in [2.45, 2.75) is 5.92 Å². The van der Waals surface area contributed by atoms with Crippen molar-refractivity contribution in [1.82, 2.24) is 15.3 Å². The first-order valence-electron chi connectivity index (χ1n) is 6.05. The molecule has 2 aromatic rings. The van der Waals surface area contributed by atoms with E-state index in [1.54, 1.807) is 7.11 Å². The molecule has 4 heteroatoms. The Kier molecular flexibility index (Phi) is 2.94. The van der Waals surface area contributed by atoms with Crippen molar-refractivity contribution in [2.24, 2.45) is 0 Å². The molecule has 18 heavy (non-hydrogen) atoms. The number of hydrogen-bond acceptors (Lipinski definition) is 4. The molecule has 3 rings (SSSR count). The van der Waals surface area contributed by atoms with E-state index in [2.05, 4.69) is 15.3 Å². The first-order chi connectivity index (χ1) is 8.86. The summed E-state index contributed by atoms with van der Waals surface area (Å²) in [6.07, 6.45) is 1.83. The van der Waals surface area contributed by atoms with E-state index in [9.17, 15) is 0 Å². The van der Waals surface area contributed by atoms with Gasteiger partial charge in [0.05, 0.1) is 12.8 Å². The van der Waals surface area contributed by atoms with E-state index in [-0.39, 0.29) is 0 Å². The SMILES string of the molecule is COc1cccc(-c2ccnc(C3CNC3)n2)c1. The summed E-state index contributed by atoms with van der Waals surface area (Å²) in [4.78, 5) is 8.98. The van der Waals surface area contributed by atoms with Crippen LogP contribution in [0.2, 0.25) is 0 Å². The Morgan fingerprint density at radius 2 is 2.17 bits per heavy atom. The Hall–Kier alpha value is -1.94. The minimum Gasteiger partial charge on any atom is -0.497 e. The second kappa shape index (κ2) is 4.74. The largest absolute Gasteiger partial charge is 0.497 e. The van der Waals surface area contributed by atoms with Gasteiger partial charge in [-0.2, -0.15) is 0 Å². The molecule has 1 fully saturated rings. The highest BCUT2D eigenvalue weighted by atomic mass is 16.5.